The van der Waals surface area contributed by atoms with E-state index in [1.165, 1.54) is 24.1 Å². The molecule has 1 atom stereocenters. The van der Waals surface area contributed by atoms with Crippen LogP contribution in [0.15, 0.2) is 83.8 Å². The lowest BCUT2D eigenvalue weighted by Gasteiger charge is -2.32. The quantitative estimate of drug-likeness (QED) is 0.417. The Bertz CT molecular complexity index is 1310. The predicted molar refractivity (Wildman–Crippen MR) is 145 cm³/mol. The van der Waals surface area contributed by atoms with Gasteiger partial charge in [-0.15, -0.1) is 0 Å². The molecule has 2 amide bonds. The number of amides is 2. The van der Waals surface area contributed by atoms with Crippen LogP contribution in [0, 0.1) is 13.8 Å². The van der Waals surface area contributed by atoms with Crippen LogP contribution in [0.4, 0.5) is 0 Å². The topological polar surface area (TPSA) is 86.8 Å². The van der Waals surface area contributed by atoms with E-state index in [9.17, 15) is 18.0 Å². The van der Waals surface area contributed by atoms with Crippen LogP contribution in [0.25, 0.3) is 0 Å². The van der Waals surface area contributed by atoms with Gasteiger partial charge in [-0.25, -0.2) is 8.42 Å². The molecule has 0 saturated carbocycles. The highest BCUT2D eigenvalue weighted by atomic mass is 32.2. The van der Waals surface area contributed by atoms with Gasteiger partial charge in [0.2, 0.25) is 21.8 Å². The fourth-order valence-corrected chi connectivity index (χ4v) is 5.23. The van der Waals surface area contributed by atoms with Crippen LogP contribution in [-0.4, -0.2) is 55.6 Å². The van der Waals surface area contributed by atoms with Gasteiger partial charge in [-0.3, -0.25) is 9.59 Å². The highest BCUT2D eigenvalue weighted by Gasteiger charge is 2.32. The SMILES string of the molecule is CCNC(=O)C(Cc1ccccc1)N(Cc1cccc(C)c1)C(=O)CN(C)S(=O)(=O)c1ccc(C)cc1. The van der Waals surface area contributed by atoms with Crippen LogP contribution in [0.3, 0.4) is 0 Å². The van der Waals surface area contributed by atoms with Crippen molar-refractivity contribution >= 4 is 21.8 Å². The Balaban J connectivity index is 1.95. The Morgan fingerprint density at radius 1 is 0.865 bits per heavy atom. The molecule has 0 aliphatic carbocycles. The lowest BCUT2D eigenvalue weighted by molar-refractivity contribution is -0.141. The summed E-state index contributed by atoms with van der Waals surface area (Å²) in [7, 11) is -2.51. The first-order valence-electron chi connectivity index (χ1n) is 12.3. The van der Waals surface area contributed by atoms with Crippen LogP contribution in [0.2, 0.25) is 0 Å². The molecule has 0 fully saturated rings. The highest BCUT2D eigenvalue weighted by molar-refractivity contribution is 7.89. The molecule has 0 heterocycles. The molecular formula is C29H35N3O4S. The number of sulfonamides is 1. The molecule has 0 spiro atoms. The van der Waals surface area contributed by atoms with Gasteiger partial charge in [-0.1, -0.05) is 77.9 Å². The van der Waals surface area contributed by atoms with Crippen LogP contribution < -0.4 is 5.32 Å². The van der Waals surface area contributed by atoms with Gasteiger partial charge < -0.3 is 10.2 Å². The third kappa shape index (κ3) is 7.50. The van der Waals surface area contributed by atoms with Gasteiger partial charge >= 0.3 is 0 Å². The summed E-state index contributed by atoms with van der Waals surface area (Å²) in [5.74, 6) is -0.733. The van der Waals surface area contributed by atoms with E-state index >= 15 is 0 Å². The fraction of sp³-hybridized carbons (Fsp3) is 0.310. The van der Waals surface area contributed by atoms with E-state index < -0.39 is 28.5 Å². The van der Waals surface area contributed by atoms with Crippen molar-refractivity contribution in [2.45, 2.75) is 44.7 Å². The number of rotatable bonds is 11. The number of aryl methyl sites for hydroxylation is 2. The predicted octanol–water partition coefficient (Wildman–Crippen LogP) is 3.70. The smallest absolute Gasteiger partial charge is 0.243 e. The van der Waals surface area contributed by atoms with Crippen molar-refractivity contribution in [3.05, 3.63) is 101 Å². The normalized spacial score (nSPS) is 12.2. The van der Waals surface area contributed by atoms with Gasteiger partial charge in [-0.05, 0) is 44.0 Å². The Morgan fingerprint density at radius 2 is 1.51 bits per heavy atom. The van der Waals surface area contributed by atoms with Gasteiger partial charge in [0.1, 0.15) is 6.04 Å². The molecule has 0 bridgehead atoms. The largest absolute Gasteiger partial charge is 0.355 e. The van der Waals surface area contributed by atoms with E-state index in [-0.39, 0.29) is 17.3 Å². The Kier molecular flexibility index (Phi) is 9.60. The fourth-order valence-electron chi connectivity index (χ4n) is 4.11. The van der Waals surface area contributed by atoms with Gasteiger partial charge in [0.05, 0.1) is 11.4 Å². The summed E-state index contributed by atoms with van der Waals surface area (Å²) >= 11 is 0. The van der Waals surface area contributed by atoms with Crippen LogP contribution in [0.1, 0.15) is 29.2 Å². The number of likely N-dealkylation sites (N-methyl/N-ethyl adjacent to an activating group) is 2. The first-order chi connectivity index (χ1) is 17.6. The molecule has 0 aromatic heterocycles. The highest BCUT2D eigenvalue weighted by Crippen LogP contribution is 2.19. The van der Waals surface area contributed by atoms with Crippen molar-refractivity contribution in [1.29, 1.82) is 0 Å². The molecule has 0 radical (unpaired) electrons. The average Bonchev–Trinajstić information content (AvgIpc) is 2.87. The molecule has 196 valence electrons. The summed E-state index contributed by atoms with van der Waals surface area (Å²) in [4.78, 5) is 28.6. The first kappa shape index (κ1) is 28.1. The van der Waals surface area contributed by atoms with Crippen LogP contribution >= 0.6 is 0 Å². The minimum absolute atomic E-state index is 0.114. The average molecular weight is 522 g/mol. The van der Waals surface area contributed by atoms with Gasteiger partial charge in [-0.2, -0.15) is 4.31 Å². The number of carbonyl (C=O) groups is 2. The van der Waals surface area contributed by atoms with Crippen molar-refractivity contribution in [2.24, 2.45) is 0 Å². The first-order valence-corrected chi connectivity index (χ1v) is 13.8. The number of nitrogens with one attached hydrogen (secondary N) is 1. The minimum Gasteiger partial charge on any atom is -0.355 e. The third-order valence-electron chi connectivity index (χ3n) is 6.14. The lowest BCUT2D eigenvalue weighted by atomic mass is 10.0. The zero-order chi connectivity index (χ0) is 27.0. The summed E-state index contributed by atoms with van der Waals surface area (Å²) in [5.41, 5.74) is 3.73. The molecule has 3 aromatic rings. The maximum absolute atomic E-state index is 13.8. The second-order valence-electron chi connectivity index (χ2n) is 9.18. The number of hydrogen-bond acceptors (Lipinski definition) is 4. The second-order valence-corrected chi connectivity index (χ2v) is 11.2. The number of hydrogen-bond donors (Lipinski definition) is 1. The Morgan fingerprint density at radius 3 is 2.14 bits per heavy atom. The molecule has 3 aromatic carbocycles. The zero-order valence-corrected chi connectivity index (χ0v) is 22.7. The van der Waals surface area contributed by atoms with E-state index in [4.69, 9.17) is 0 Å². The molecule has 1 unspecified atom stereocenters. The molecule has 7 nitrogen and oxygen atoms in total. The lowest BCUT2D eigenvalue weighted by Crippen LogP contribution is -2.53. The summed E-state index contributed by atoms with van der Waals surface area (Å²) in [6, 6.07) is 22.9. The molecule has 0 aliphatic rings. The number of nitrogens with zero attached hydrogens (tertiary/aromatic N) is 2. The molecule has 8 heteroatoms. The van der Waals surface area contributed by atoms with E-state index in [1.54, 1.807) is 12.1 Å². The molecule has 0 saturated heterocycles. The number of benzene rings is 3. The standard InChI is InChI=1S/C29H35N3O4S/c1-5-30-29(34)27(19-24-11-7-6-8-12-24)32(20-25-13-9-10-23(3)18-25)28(33)21-31(4)37(35,36)26-16-14-22(2)15-17-26/h6-18,27H,5,19-21H2,1-4H3,(H,30,34). The van der Waals surface area contributed by atoms with Gasteiger partial charge in [0, 0.05) is 26.6 Å². The van der Waals surface area contributed by atoms with E-state index in [1.807, 2.05) is 75.4 Å². The summed E-state index contributed by atoms with van der Waals surface area (Å²) in [6.45, 7) is 5.86. The molecule has 1 N–H and O–H groups in total. The van der Waals surface area contributed by atoms with Crippen LogP contribution in [-0.2, 0) is 32.6 Å². The summed E-state index contributed by atoms with van der Waals surface area (Å²) in [6.07, 6.45) is 0.304. The van der Waals surface area contributed by atoms with Gasteiger partial charge in [0.25, 0.3) is 0 Å². The Labute approximate surface area is 220 Å². The van der Waals surface area contributed by atoms with E-state index in [2.05, 4.69) is 5.32 Å². The van der Waals surface area contributed by atoms with Crippen molar-refractivity contribution in [3.63, 3.8) is 0 Å². The van der Waals surface area contributed by atoms with Crippen molar-refractivity contribution < 1.29 is 18.0 Å². The monoisotopic (exact) mass is 521 g/mol. The Hall–Kier alpha value is -3.49. The minimum atomic E-state index is -3.89. The van der Waals surface area contributed by atoms with Gasteiger partial charge in [0.15, 0.2) is 0 Å². The van der Waals surface area contributed by atoms with Crippen LogP contribution in [0.5, 0.6) is 0 Å². The van der Waals surface area contributed by atoms with E-state index in [0.29, 0.717) is 13.0 Å². The number of carbonyl (C=O) groups excluding carboxylic acids is 2. The maximum Gasteiger partial charge on any atom is 0.243 e. The van der Waals surface area contributed by atoms with Crippen molar-refractivity contribution in [2.75, 3.05) is 20.1 Å². The van der Waals surface area contributed by atoms with Crippen molar-refractivity contribution in [1.82, 2.24) is 14.5 Å². The summed E-state index contributed by atoms with van der Waals surface area (Å²) < 4.78 is 27.4. The maximum atomic E-state index is 13.8. The molecule has 3 rings (SSSR count). The molecular weight excluding hydrogens is 486 g/mol. The molecule has 37 heavy (non-hydrogen) atoms. The zero-order valence-electron chi connectivity index (χ0n) is 21.8. The molecule has 0 aliphatic heterocycles. The third-order valence-corrected chi connectivity index (χ3v) is 7.96. The second kappa shape index (κ2) is 12.7. The summed E-state index contributed by atoms with van der Waals surface area (Å²) in [5, 5.41) is 2.85. The van der Waals surface area contributed by atoms with E-state index in [0.717, 1.165) is 26.6 Å². The van der Waals surface area contributed by atoms with Crippen molar-refractivity contribution in [3.8, 4) is 0 Å².